The number of para-hydroxylation sites is 1. The molecule has 2 saturated heterocycles. The molecule has 0 spiro atoms. The van der Waals surface area contributed by atoms with Crippen molar-refractivity contribution in [3.63, 3.8) is 0 Å². The van der Waals surface area contributed by atoms with Gasteiger partial charge in [-0.3, -0.25) is 4.90 Å². The molecule has 0 aromatic heterocycles. The van der Waals surface area contributed by atoms with E-state index in [1.54, 1.807) is 0 Å². The maximum absolute atomic E-state index is 6.09. The van der Waals surface area contributed by atoms with E-state index in [2.05, 4.69) is 41.0 Å². The fourth-order valence-electron chi connectivity index (χ4n) is 3.37. The number of piperazine rings is 1. The predicted octanol–water partition coefficient (Wildman–Crippen LogP) is 1.99. The van der Waals surface area contributed by atoms with Gasteiger partial charge in [-0.2, -0.15) is 0 Å². The van der Waals surface area contributed by atoms with Crippen molar-refractivity contribution in [3.05, 3.63) is 29.8 Å². The highest BCUT2D eigenvalue weighted by Crippen LogP contribution is 2.29. The topological polar surface area (TPSA) is 32.5 Å². The smallest absolute Gasteiger partial charge is 0.0415 e. The average Bonchev–Trinajstić information content (AvgIpc) is 2.85. The lowest BCUT2D eigenvalue weighted by atomic mass is 10.0. The Hall–Kier alpha value is -1.06. The molecule has 3 nitrogen and oxygen atoms in total. The number of hydrogen-bond acceptors (Lipinski definition) is 3. The largest absolute Gasteiger partial charge is 0.368 e. The molecule has 2 aliphatic rings. The Morgan fingerprint density at radius 1 is 1.22 bits per heavy atom. The lowest BCUT2D eigenvalue weighted by Crippen LogP contribution is -2.50. The second-order valence-corrected chi connectivity index (χ2v) is 5.63. The Morgan fingerprint density at radius 2 is 2.06 bits per heavy atom. The highest BCUT2D eigenvalue weighted by atomic mass is 15.3. The molecule has 2 heterocycles. The van der Waals surface area contributed by atoms with Crippen LogP contribution in [-0.4, -0.2) is 37.1 Å². The number of benzene rings is 1. The molecule has 0 aliphatic carbocycles. The first-order valence-electron chi connectivity index (χ1n) is 7.09. The minimum Gasteiger partial charge on any atom is -0.368 e. The van der Waals surface area contributed by atoms with Crippen LogP contribution >= 0.6 is 0 Å². The zero-order chi connectivity index (χ0) is 12.5. The summed E-state index contributed by atoms with van der Waals surface area (Å²) < 4.78 is 0. The average molecular weight is 245 g/mol. The summed E-state index contributed by atoms with van der Waals surface area (Å²) in [5, 5.41) is 0. The Labute approximate surface area is 110 Å². The van der Waals surface area contributed by atoms with E-state index in [0.29, 0.717) is 0 Å². The van der Waals surface area contributed by atoms with Gasteiger partial charge in [0.2, 0.25) is 0 Å². The third-order valence-corrected chi connectivity index (χ3v) is 4.36. The van der Waals surface area contributed by atoms with Crippen LogP contribution in [0.2, 0.25) is 0 Å². The summed E-state index contributed by atoms with van der Waals surface area (Å²) in [5.41, 5.74) is 8.72. The van der Waals surface area contributed by atoms with Crippen LogP contribution in [0.4, 0.5) is 5.69 Å². The van der Waals surface area contributed by atoms with Crippen LogP contribution < -0.4 is 10.6 Å². The number of rotatable bonds is 2. The van der Waals surface area contributed by atoms with Crippen LogP contribution in [0.3, 0.4) is 0 Å². The fraction of sp³-hybridized carbons (Fsp3) is 0.600. The Kier molecular flexibility index (Phi) is 3.27. The van der Waals surface area contributed by atoms with Gasteiger partial charge in [0.25, 0.3) is 0 Å². The van der Waals surface area contributed by atoms with Gasteiger partial charge >= 0.3 is 0 Å². The molecule has 2 N–H and O–H groups in total. The first-order chi connectivity index (χ1) is 8.75. The van der Waals surface area contributed by atoms with E-state index in [1.807, 2.05) is 0 Å². The van der Waals surface area contributed by atoms with Gasteiger partial charge in [0.05, 0.1) is 0 Å². The van der Waals surface area contributed by atoms with Crippen molar-refractivity contribution in [3.8, 4) is 0 Å². The number of anilines is 1. The highest BCUT2D eigenvalue weighted by molar-refractivity contribution is 5.55. The van der Waals surface area contributed by atoms with Crippen LogP contribution in [0.5, 0.6) is 0 Å². The molecular weight excluding hydrogens is 222 g/mol. The molecule has 3 heteroatoms. The molecule has 1 aromatic carbocycles. The molecule has 1 aromatic rings. The van der Waals surface area contributed by atoms with Crippen molar-refractivity contribution in [2.45, 2.75) is 31.8 Å². The van der Waals surface area contributed by atoms with Crippen molar-refractivity contribution >= 4 is 5.69 Å². The first kappa shape index (κ1) is 12.0. The minimum absolute atomic E-state index is 0.114. The van der Waals surface area contributed by atoms with Crippen molar-refractivity contribution in [2.24, 2.45) is 5.73 Å². The normalized spacial score (nSPS) is 26.1. The van der Waals surface area contributed by atoms with E-state index in [1.165, 1.54) is 43.7 Å². The monoisotopic (exact) mass is 245 g/mol. The van der Waals surface area contributed by atoms with Gasteiger partial charge in [-0.1, -0.05) is 18.2 Å². The van der Waals surface area contributed by atoms with E-state index in [0.717, 1.165) is 12.6 Å². The van der Waals surface area contributed by atoms with Crippen molar-refractivity contribution < 1.29 is 0 Å². The molecule has 0 saturated carbocycles. The van der Waals surface area contributed by atoms with E-state index < -0.39 is 0 Å². The summed E-state index contributed by atoms with van der Waals surface area (Å²) in [6.07, 6.45) is 2.73. The number of fused-ring (bicyclic) bond motifs is 1. The van der Waals surface area contributed by atoms with Gasteiger partial charge < -0.3 is 10.6 Å². The third-order valence-electron chi connectivity index (χ3n) is 4.36. The maximum atomic E-state index is 6.09. The van der Waals surface area contributed by atoms with Gasteiger partial charge in [-0.15, -0.1) is 0 Å². The van der Waals surface area contributed by atoms with Gasteiger partial charge in [0.1, 0.15) is 0 Å². The van der Waals surface area contributed by atoms with Gasteiger partial charge in [0, 0.05) is 37.4 Å². The second kappa shape index (κ2) is 4.90. The highest BCUT2D eigenvalue weighted by Gasteiger charge is 2.31. The fourth-order valence-corrected chi connectivity index (χ4v) is 3.37. The summed E-state index contributed by atoms with van der Waals surface area (Å²) in [5.74, 6) is 0. The summed E-state index contributed by atoms with van der Waals surface area (Å²) in [6.45, 7) is 6.89. The molecule has 0 radical (unpaired) electrons. The number of hydrogen-bond donors (Lipinski definition) is 1. The maximum Gasteiger partial charge on any atom is 0.0415 e. The molecule has 2 unspecified atom stereocenters. The Morgan fingerprint density at radius 3 is 2.89 bits per heavy atom. The SMILES string of the molecule is CC(N)c1ccccc1N1CCN2CCCC2C1. The second-order valence-electron chi connectivity index (χ2n) is 5.63. The van der Waals surface area contributed by atoms with E-state index in [4.69, 9.17) is 5.73 Å². The molecule has 98 valence electrons. The number of nitrogens with zero attached hydrogens (tertiary/aromatic N) is 2. The van der Waals surface area contributed by atoms with E-state index in [-0.39, 0.29) is 6.04 Å². The van der Waals surface area contributed by atoms with Crippen LogP contribution in [0.1, 0.15) is 31.4 Å². The van der Waals surface area contributed by atoms with Gasteiger partial charge in [-0.05, 0) is 37.9 Å². The van der Waals surface area contributed by atoms with Crippen LogP contribution in [0.25, 0.3) is 0 Å². The summed E-state index contributed by atoms with van der Waals surface area (Å²) >= 11 is 0. The van der Waals surface area contributed by atoms with Crippen molar-refractivity contribution in [2.75, 3.05) is 31.1 Å². The lowest BCUT2D eigenvalue weighted by molar-refractivity contribution is 0.231. The van der Waals surface area contributed by atoms with Gasteiger partial charge in [-0.25, -0.2) is 0 Å². The van der Waals surface area contributed by atoms with Crippen LogP contribution in [0, 0.1) is 0 Å². The van der Waals surface area contributed by atoms with Crippen molar-refractivity contribution in [1.82, 2.24) is 4.90 Å². The Balaban J connectivity index is 1.82. The van der Waals surface area contributed by atoms with E-state index >= 15 is 0 Å². The van der Waals surface area contributed by atoms with Gasteiger partial charge in [0.15, 0.2) is 0 Å². The molecular formula is C15H23N3. The molecule has 2 aliphatic heterocycles. The summed E-state index contributed by atoms with van der Waals surface area (Å²) in [7, 11) is 0. The predicted molar refractivity (Wildman–Crippen MR) is 75.9 cm³/mol. The zero-order valence-electron chi connectivity index (χ0n) is 11.2. The molecule has 3 rings (SSSR count). The molecule has 2 atom stereocenters. The summed E-state index contributed by atoms with van der Waals surface area (Å²) in [4.78, 5) is 5.18. The molecule has 18 heavy (non-hydrogen) atoms. The third kappa shape index (κ3) is 2.13. The Bertz CT molecular complexity index is 416. The number of nitrogens with two attached hydrogens (primary N) is 1. The lowest BCUT2D eigenvalue weighted by Gasteiger charge is -2.40. The van der Waals surface area contributed by atoms with E-state index in [9.17, 15) is 0 Å². The van der Waals surface area contributed by atoms with Crippen molar-refractivity contribution in [1.29, 1.82) is 0 Å². The molecule has 0 bridgehead atoms. The standard InChI is InChI=1S/C15H23N3/c1-12(16)14-6-2-3-7-15(14)18-10-9-17-8-4-5-13(17)11-18/h2-3,6-7,12-13H,4-5,8-11,16H2,1H3. The molecule has 0 amide bonds. The minimum atomic E-state index is 0.114. The quantitative estimate of drug-likeness (QED) is 0.865. The van der Waals surface area contributed by atoms with Crippen LogP contribution in [0.15, 0.2) is 24.3 Å². The first-order valence-corrected chi connectivity index (χ1v) is 7.09. The summed E-state index contributed by atoms with van der Waals surface area (Å²) in [6, 6.07) is 9.49. The zero-order valence-corrected chi connectivity index (χ0v) is 11.2. The molecule has 2 fully saturated rings. The van der Waals surface area contributed by atoms with Crippen LogP contribution in [-0.2, 0) is 0 Å².